The standard InChI is InChI=1S/C28H27N3O5S/c1-19-11-13-20(14-12-19)26(28(34)29-17-21-7-5-15-36-21)31(22-8-3-4-9-23(22)35-2)25(32)18-30-27(33)24-10-6-16-37-24/h3-16,26H,17-18H2,1-2H3,(H,29,34)(H,30,33)/t26-/m1/s1. The number of carbonyl (C=O) groups excluding carboxylic acids is 3. The van der Waals surface area contributed by atoms with Crippen molar-refractivity contribution in [1.29, 1.82) is 0 Å². The van der Waals surface area contributed by atoms with E-state index in [0.29, 0.717) is 27.6 Å². The number of amides is 3. The van der Waals surface area contributed by atoms with Gasteiger partial charge in [0.25, 0.3) is 5.91 Å². The highest BCUT2D eigenvalue weighted by molar-refractivity contribution is 7.12. The van der Waals surface area contributed by atoms with Crippen LogP contribution in [0.5, 0.6) is 5.75 Å². The highest BCUT2D eigenvalue weighted by atomic mass is 32.1. The average Bonchev–Trinajstić information content (AvgIpc) is 3.64. The van der Waals surface area contributed by atoms with Crippen LogP contribution in [0, 0.1) is 6.92 Å². The first-order valence-electron chi connectivity index (χ1n) is 11.6. The van der Waals surface area contributed by atoms with Gasteiger partial charge in [-0.1, -0.05) is 48.0 Å². The van der Waals surface area contributed by atoms with Gasteiger partial charge in [0.1, 0.15) is 17.6 Å². The number of ether oxygens (including phenoxy) is 1. The summed E-state index contributed by atoms with van der Waals surface area (Å²) in [6, 6.07) is 20.2. The van der Waals surface area contributed by atoms with Crippen LogP contribution in [-0.2, 0) is 16.1 Å². The highest BCUT2D eigenvalue weighted by Gasteiger charge is 2.34. The van der Waals surface area contributed by atoms with Gasteiger partial charge in [0.15, 0.2) is 0 Å². The van der Waals surface area contributed by atoms with E-state index >= 15 is 0 Å². The van der Waals surface area contributed by atoms with Crippen LogP contribution < -0.4 is 20.3 Å². The van der Waals surface area contributed by atoms with Gasteiger partial charge < -0.3 is 19.8 Å². The topological polar surface area (TPSA) is 101 Å². The lowest BCUT2D eigenvalue weighted by atomic mass is 10.0. The van der Waals surface area contributed by atoms with Crippen LogP contribution in [0.15, 0.2) is 88.9 Å². The second kappa shape index (κ2) is 12.0. The van der Waals surface area contributed by atoms with E-state index in [1.165, 1.54) is 29.6 Å². The van der Waals surface area contributed by atoms with E-state index in [4.69, 9.17) is 9.15 Å². The van der Waals surface area contributed by atoms with E-state index in [1.807, 2.05) is 31.2 Å². The maximum Gasteiger partial charge on any atom is 0.261 e. The van der Waals surface area contributed by atoms with Crippen LogP contribution in [0.25, 0.3) is 0 Å². The van der Waals surface area contributed by atoms with Crippen molar-refractivity contribution >= 4 is 34.7 Å². The second-order valence-corrected chi connectivity index (χ2v) is 9.15. The minimum atomic E-state index is -1.04. The van der Waals surface area contributed by atoms with Crippen molar-refractivity contribution in [3.63, 3.8) is 0 Å². The Bertz CT molecular complexity index is 1330. The molecule has 0 aliphatic rings. The number of anilines is 1. The molecule has 0 fully saturated rings. The number of nitrogens with one attached hydrogen (secondary N) is 2. The zero-order valence-corrected chi connectivity index (χ0v) is 21.3. The second-order valence-electron chi connectivity index (χ2n) is 8.21. The van der Waals surface area contributed by atoms with E-state index in [-0.39, 0.29) is 19.0 Å². The smallest absolute Gasteiger partial charge is 0.261 e. The minimum absolute atomic E-state index is 0.150. The van der Waals surface area contributed by atoms with Gasteiger partial charge >= 0.3 is 0 Å². The Morgan fingerprint density at radius 2 is 1.76 bits per heavy atom. The molecule has 2 aromatic carbocycles. The van der Waals surface area contributed by atoms with Crippen molar-refractivity contribution in [3.05, 3.63) is 106 Å². The summed E-state index contributed by atoms with van der Waals surface area (Å²) in [5.74, 6) is -0.263. The zero-order chi connectivity index (χ0) is 26.2. The lowest BCUT2D eigenvalue weighted by molar-refractivity contribution is -0.126. The molecule has 0 aliphatic heterocycles. The maximum atomic E-state index is 13.8. The summed E-state index contributed by atoms with van der Waals surface area (Å²) in [7, 11) is 1.50. The molecule has 3 amide bonds. The van der Waals surface area contributed by atoms with Gasteiger partial charge in [-0.05, 0) is 48.2 Å². The minimum Gasteiger partial charge on any atom is -0.495 e. The summed E-state index contributed by atoms with van der Waals surface area (Å²) < 4.78 is 10.9. The van der Waals surface area contributed by atoms with Gasteiger partial charge in [-0.2, -0.15) is 0 Å². The quantitative estimate of drug-likeness (QED) is 0.323. The summed E-state index contributed by atoms with van der Waals surface area (Å²) >= 11 is 1.28. The van der Waals surface area contributed by atoms with Gasteiger partial charge in [0, 0.05) is 0 Å². The summed E-state index contributed by atoms with van der Waals surface area (Å²) in [6.45, 7) is 1.78. The predicted octanol–water partition coefficient (Wildman–Crippen LogP) is 4.48. The number of carbonyl (C=O) groups is 3. The van der Waals surface area contributed by atoms with E-state index in [1.54, 1.807) is 53.9 Å². The summed E-state index contributed by atoms with van der Waals surface area (Å²) in [5, 5.41) is 7.34. The number of nitrogens with zero attached hydrogens (tertiary/aromatic N) is 1. The van der Waals surface area contributed by atoms with E-state index in [0.717, 1.165) is 5.56 Å². The van der Waals surface area contributed by atoms with Crippen molar-refractivity contribution in [2.75, 3.05) is 18.6 Å². The molecule has 0 saturated carbocycles. The number of furan rings is 1. The Hall–Kier alpha value is -4.37. The maximum absolute atomic E-state index is 13.8. The third kappa shape index (κ3) is 6.25. The SMILES string of the molecule is COc1ccccc1N(C(=O)CNC(=O)c1cccs1)[C@@H](C(=O)NCc1ccco1)c1ccc(C)cc1. The molecule has 2 aromatic heterocycles. The Labute approximate surface area is 218 Å². The number of hydrogen-bond donors (Lipinski definition) is 2. The molecular weight excluding hydrogens is 490 g/mol. The van der Waals surface area contributed by atoms with Crippen LogP contribution >= 0.6 is 11.3 Å². The van der Waals surface area contributed by atoms with Crippen molar-refractivity contribution < 1.29 is 23.5 Å². The van der Waals surface area contributed by atoms with Crippen molar-refractivity contribution in [3.8, 4) is 5.75 Å². The fraction of sp³-hybridized carbons (Fsp3) is 0.179. The molecule has 1 atom stereocenters. The van der Waals surface area contributed by atoms with Crippen molar-refractivity contribution in [2.45, 2.75) is 19.5 Å². The number of aryl methyl sites for hydroxylation is 1. The lowest BCUT2D eigenvalue weighted by Gasteiger charge is -2.32. The van der Waals surface area contributed by atoms with Crippen LogP contribution in [0.1, 0.15) is 32.6 Å². The first kappa shape index (κ1) is 25.7. The first-order chi connectivity index (χ1) is 18.0. The molecule has 9 heteroatoms. The molecule has 2 N–H and O–H groups in total. The zero-order valence-electron chi connectivity index (χ0n) is 20.5. The fourth-order valence-electron chi connectivity index (χ4n) is 3.83. The Balaban J connectivity index is 1.71. The number of benzene rings is 2. The van der Waals surface area contributed by atoms with Gasteiger partial charge in [-0.15, -0.1) is 11.3 Å². The van der Waals surface area contributed by atoms with E-state index in [9.17, 15) is 14.4 Å². The van der Waals surface area contributed by atoms with E-state index < -0.39 is 17.9 Å². The molecule has 8 nitrogen and oxygen atoms in total. The molecule has 0 bridgehead atoms. The molecule has 0 unspecified atom stereocenters. The average molecular weight is 518 g/mol. The molecular formula is C28H27N3O5S. The number of para-hydroxylation sites is 2. The lowest BCUT2D eigenvalue weighted by Crippen LogP contribution is -2.47. The Kier molecular flexibility index (Phi) is 8.37. The molecule has 4 rings (SSSR count). The largest absolute Gasteiger partial charge is 0.495 e. The van der Waals surface area contributed by atoms with Gasteiger partial charge in [0.05, 0.1) is 37.0 Å². The fourth-order valence-corrected chi connectivity index (χ4v) is 4.47. The highest BCUT2D eigenvalue weighted by Crippen LogP contribution is 2.35. The summed E-state index contributed by atoms with van der Waals surface area (Å²) in [5.41, 5.74) is 2.02. The first-order valence-corrected chi connectivity index (χ1v) is 12.5. The molecule has 0 saturated heterocycles. The molecule has 0 radical (unpaired) electrons. The molecule has 190 valence electrons. The number of rotatable bonds is 10. The summed E-state index contributed by atoms with van der Waals surface area (Å²) in [6.07, 6.45) is 1.53. The van der Waals surface area contributed by atoms with Crippen molar-refractivity contribution in [1.82, 2.24) is 10.6 Å². The third-order valence-electron chi connectivity index (χ3n) is 5.68. The van der Waals surface area contributed by atoms with E-state index in [2.05, 4.69) is 10.6 Å². The molecule has 0 spiro atoms. The normalized spacial score (nSPS) is 11.4. The number of thiophene rings is 1. The Morgan fingerprint density at radius 1 is 0.973 bits per heavy atom. The molecule has 0 aliphatic carbocycles. The van der Waals surface area contributed by atoms with Gasteiger partial charge in [-0.25, -0.2) is 0 Å². The van der Waals surface area contributed by atoms with Crippen LogP contribution in [0.4, 0.5) is 5.69 Å². The number of hydrogen-bond acceptors (Lipinski definition) is 6. The molecule has 4 aromatic rings. The number of methoxy groups -OCH3 is 1. The Morgan fingerprint density at radius 3 is 2.43 bits per heavy atom. The summed E-state index contributed by atoms with van der Waals surface area (Å²) in [4.78, 5) is 41.9. The molecule has 37 heavy (non-hydrogen) atoms. The predicted molar refractivity (Wildman–Crippen MR) is 142 cm³/mol. The van der Waals surface area contributed by atoms with Crippen LogP contribution in [0.2, 0.25) is 0 Å². The molecule has 2 heterocycles. The van der Waals surface area contributed by atoms with Crippen LogP contribution in [0.3, 0.4) is 0 Å². The van der Waals surface area contributed by atoms with Crippen molar-refractivity contribution in [2.24, 2.45) is 0 Å². The van der Waals surface area contributed by atoms with Gasteiger partial charge in [0.2, 0.25) is 11.8 Å². The van der Waals surface area contributed by atoms with Gasteiger partial charge in [-0.3, -0.25) is 19.3 Å². The monoisotopic (exact) mass is 517 g/mol. The van der Waals surface area contributed by atoms with Crippen LogP contribution in [-0.4, -0.2) is 31.4 Å². The third-order valence-corrected chi connectivity index (χ3v) is 6.54.